The second-order valence-electron chi connectivity index (χ2n) is 8.04. The van der Waals surface area contributed by atoms with Gasteiger partial charge in [-0.1, -0.05) is 31.5 Å². The van der Waals surface area contributed by atoms with E-state index in [-0.39, 0.29) is 28.6 Å². The van der Waals surface area contributed by atoms with Crippen molar-refractivity contribution >= 4 is 5.91 Å². The molecule has 0 bridgehead atoms. The lowest BCUT2D eigenvalue weighted by atomic mass is 9.74. The molecule has 0 saturated carbocycles. The van der Waals surface area contributed by atoms with Crippen LogP contribution < -0.4 is 10.9 Å². The molecule has 2 aromatic heterocycles. The van der Waals surface area contributed by atoms with Crippen LogP contribution in [0.2, 0.25) is 0 Å². The number of fused-ring (bicyclic) bond motifs is 1. The fourth-order valence-corrected chi connectivity index (χ4v) is 3.77. The van der Waals surface area contributed by atoms with E-state index in [0.29, 0.717) is 0 Å². The van der Waals surface area contributed by atoms with Crippen molar-refractivity contribution in [1.29, 1.82) is 0 Å². The first-order chi connectivity index (χ1) is 12.8. The maximum atomic E-state index is 12.5. The van der Waals surface area contributed by atoms with Crippen LogP contribution in [0.15, 0.2) is 41.3 Å². The lowest BCUT2D eigenvalue weighted by Crippen LogP contribution is -2.37. The summed E-state index contributed by atoms with van der Waals surface area (Å²) in [7, 11) is 0. The zero-order chi connectivity index (χ0) is 19.2. The zero-order valence-electron chi connectivity index (χ0n) is 15.7. The topological polar surface area (TPSA) is 95.6 Å². The van der Waals surface area contributed by atoms with Gasteiger partial charge in [0.05, 0.1) is 23.6 Å². The van der Waals surface area contributed by atoms with Crippen molar-refractivity contribution in [3.63, 3.8) is 0 Å². The molecule has 1 aliphatic rings. The number of benzene rings is 1. The highest BCUT2D eigenvalue weighted by Crippen LogP contribution is 2.41. The summed E-state index contributed by atoms with van der Waals surface area (Å²) >= 11 is 0. The van der Waals surface area contributed by atoms with Crippen LogP contribution in [0.25, 0.3) is 5.69 Å². The molecule has 1 aliphatic carbocycles. The summed E-state index contributed by atoms with van der Waals surface area (Å²) in [6.45, 7) is 6.45. The van der Waals surface area contributed by atoms with E-state index in [9.17, 15) is 9.59 Å². The second-order valence-corrected chi connectivity index (χ2v) is 8.04. The van der Waals surface area contributed by atoms with Crippen LogP contribution in [0.1, 0.15) is 53.6 Å². The van der Waals surface area contributed by atoms with Gasteiger partial charge < -0.3 is 5.32 Å². The van der Waals surface area contributed by atoms with Gasteiger partial charge in [-0.25, -0.2) is 4.68 Å². The van der Waals surface area contributed by atoms with Crippen molar-refractivity contribution in [2.24, 2.45) is 5.41 Å². The number of aromatic amines is 2. The van der Waals surface area contributed by atoms with E-state index in [1.807, 2.05) is 10.9 Å². The summed E-state index contributed by atoms with van der Waals surface area (Å²) in [5.41, 5.74) is 4.28. The van der Waals surface area contributed by atoms with Crippen molar-refractivity contribution < 1.29 is 4.79 Å². The van der Waals surface area contributed by atoms with Crippen molar-refractivity contribution in [1.82, 2.24) is 25.3 Å². The third kappa shape index (κ3) is 3.32. The third-order valence-electron chi connectivity index (χ3n) is 5.10. The number of carbonyl (C=O) groups excluding carboxylic acids is 1. The molecule has 1 aromatic carbocycles. The molecule has 0 fully saturated rings. The smallest absolute Gasteiger partial charge is 0.269 e. The first-order valence-electron chi connectivity index (χ1n) is 9.05. The van der Waals surface area contributed by atoms with Gasteiger partial charge in [0, 0.05) is 11.6 Å². The molecule has 1 atom stereocenters. The first-order valence-corrected chi connectivity index (χ1v) is 9.05. The SMILES string of the molecule is Cc1ccc(-n2ncc3c2CC(C)(C)C[C@@H]3NC(=O)c2cc(=O)[nH][nH]2)cc1. The van der Waals surface area contributed by atoms with E-state index in [1.165, 1.54) is 11.6 Å². The number of carbonyl (C=O) groups is 1. The van der Waals surface area contributed by atoms with Crippen molar-refractivity contribution in [2.45, 2.75) is 39.7 Å². The number of rotatable bonds is 3. The molecule has 2 heterocycles. The van der Waals surface area contributed by atoms with Crippen LogP contribution in [-0.4, -0.2) is 25.9 Å². The van der Waals surface area contributed by atoms with Crippen LogP contribution in [0.5, 0.6) is 0 Å². The third-order valence-corrected chi connectivity index (χ3v) is 5.10. The van der Waals surface area contributed by atoms with E-state index in [0.717, 1.165) is 29.8 Å². The van der Waals surface area contributed by atoms with Gasteiger partial charge in [-0.3, -0.25) is 19.8 Å². The Labute approximate surface area is 156 Å². The minimum absolute atomic E-state index is 0.0129. The zero-order valence-corrected chi connectivity index (χ0v) is 15.7. The van der Waals surface area contributed by atoms with Gasteiger partial charge in [0.1, 0.15) is 5.69 Å². The Kier molecular flexibility index (Phi) is 4.02. The molecule has 1 amide bonds. The summed E-state index contributed by atoms with van der Waals surface area (Å²) in [4.78, 5) is 23.8. The number of hydrogen-bond acceptors (Lipinski definition) is 3. The van der Waals surface area contributed by atoms with Crippen LogP contribution in [0, 0.1) is 12.3 Å². The number of nitrogens with zero attached hydrogens (tertiary/aromatic N) is 2. The maximum Gasteiger partial charge on any atom is 0.269 e. The summed E-state index contributed by atoms with van der Waals surface area (Å²) in [6, 6.07) is 9.36. The normalized spacial score (nSPS) is 18.1. The minimum atomic E-state index is -0.322. The Bertz CT molecular complexity index is 1040. The predicted octanol–water partition coefficient (Wildman–Crippen LogP) is 2.64. The van der Waals surface area contributed by atoms with Crippen LogP contribution >= 0.6 is 0 Å². The van der Waals surface area contributed by atoms with Gasteiger partial charge in [0.25, 0.3) is 11.5 Å². The fourth-order valence-electron chi connectivity index (χ4n) is 3.77. The van der Waals surface area contributed by atoms with Crippen molar-refractivity contribution in [2.75, 3.05) is 0 Å². The summed E-state index contributed by atoms with van der Waals surface area (Å²) in [5, 5.41) is 12.7. The molecule has 7 heteroatoms. The lowest BCUT2D eigenvalue weighted by molar-refractivity contribution is 0.0914. The van der Waals surface area contributed by atoms with E-state index >= 15 is 0 Å². The molecular weight excluding hydrogens is 342 g/mol. The quantitative estimate of drug-likeness (QED) is 0.666. The van der Waals surface area contributed by atoms with Crippen molar-refractivity contribution in [3.8, 4) is 5.69 Å². The Balaban J connectivity index is 1.69. The van der Waals surface area contributed by atoms with E-state index in [2.05, 4.69) is 65.6 Å². The van der Waals surface area contributed by atoms with Gasteiger partial charge in [-0.05, 0) is 37.3 Å². The Morgan fingerprint density at radius 1 is 1.26 bits per heavy atom. The first kappa shape index (κ1) is 17.3. The second kappa shape index (κ2) is 6.26. The molecule has 0 unspecified atom stereocenters. The fraction of sp³-hybridized carbons (Fsp3) is 0.350. The molecule has 140 valence electrons. The van der Waals surface area contributed by atoms with Crippen LogP contribution in [0.4, 0.5) is 0 Å². The molecule has 4 rings (SSSR count). The van der Waals surface area contributed by atoms with E-state index < -0.39 is 0 Å². The Morgan fingerprint density at radius 3 is 2.67 bits per heavy atom. The molecule has 3 aromatic rings. The number of aryl methyl sites for hydroxylation is 1. The van der Waals surface area contributed by atoms with Gasteiger partial charge in [-0.15, -0.1) is 0 Å². The average molecular weight is 365 g/mol. The highest BCUT2D eigenvalue weighted by Gasteiger charge is 2.36. The number of hydrogen-bond donors (Lipinski definition) is 3. The van der Waals surface area contributed by atoms with Gasteiger partial charge in [0.2, 0.25) is 0 Å². The lowest BCUT2D eigenvalue weighted by Gasteiger charge is -2.35. The van der Waals surface area contributed by atoms with E-state index in [1.54, 1.807) is 0 Å². The Hall–Kier alpha value is -3.09. The van der Waals surface area contributed by atoms with E-state index in [4.69, 9.17) is 0 Å². The molecule has 0 saturated heterocycles. The van der Waals surface area contributed by atoms with Crippen molar-refractivity contribution in [3.05, 3.63) is 69.4 Å². The summed E-state index contributed by atoms with van der Waals surface area (Å²) < 4.78 is 1.97. The highest BCUT2D eigenvalue weighted by molar-refractivity contribution is 5.92. The summed E-state index contributed by atoms with van der Waals surface area (Å²) in [5.74, 6) is -0.301. The molecule has 0 spiro atoms. The molecule has 0 aliphatic heterocycles. The Morgan fingerprint density at radius 2 is 2.00 bits per heavy atom. The largest absolute Gasteiger partial charge is 0.344 e. The molecule has 27 heavy (non-hydrogen) atoms. The maximum absolute atomic E-state index is 12.5. The number of aromatic nitrogens is 4. The van der Waals surface area contributed by atoms with Gasteiger partial charge in [0.15, 0.2) is 0 Å². The highest BCUT2D eigenvalue weighted by atomic mass is 16.2. The monoisotopic (exact) mass is 365 g/mol. The number of H-pyrrole nitrogens is 2. The average Bonchev–Trinajstić information content (AvgIpc) is 3.21. The minimum Gasteiger partial charge on any atom is -0.344 e. The van der Waals surface area contributed by atoms with Gasteiger partial charge in [-0.2, -0.15) is 5.10 Å². The molecular formula is C20H23N5O2. The molecule has 3 N–H and O–H groups in total. The number of nitrogens with one attached hydrogen (secondary N) is 3. The molecule has 7 nitrogen and oxygen atoms in total. The number of amides is 1. The van der Waals surface area contributed by atoms with Crippen LogP contribution in [-0.2, 0) is 6.42 Å². The van der Waals surface area contributed by atoms with Gasteiger partial charge >= 0.3 is 0 Å². The standard InChI is InChI=1S/C20H23N5O2/c1-12-4-6-13(7-5-12)25-17-10-20(2,3)9-16(14(17)11-21-25)22-19(27)15-8-18(26)24-23-15/h4-8,11,16H,9-10H2,1-3H3,(H,22,27)(H2,23,24,26)/t16-/m0/s1. The molecule has 0 radical (unpaired) electrons. The predicted molar refractivity (Wildman–Crippen MR) is 102 cm³/mol. The summed E-state index contributed by atoms with van der Waals surface area (Å²) in [6.07, 6.45) is 3.53. The van der Waals surface area contributed by atoms with Crippen LogP contribution in [0.3, 0.4) is 0 Å².